The van der Waals surface area contributed by atoms with Gasteiger partial charge in [-0.15, -0.1) is 0 Å². The lowest BCUT2D eigenvalue weighted by Gasteiger charge is -2.34. The van der Waals surface area contributed by atoms with E-state index < -0.39 is 0 Å². The highest BCUT2D eigenvalue weighted by Crippen LogP contribution is 2.26. The first kappa shape index (κ1) is 17.1. The molecule has 0 bridgehead atoms. The van der Waals surface area contributed by atoms with Crippen molar-refractivity contribution in [2.75, 3.05) is 18.9 Å². The van der Waals surface area contributed by atoms with E-state index >= 15 is 0 Å². The van der Waals surface area contributed by atoms with E-state index in [4.69, 9.17) is 12.2 Å². The van der Waals surface area contributed by atoms with Crippen LogP contribution in [0.2, 0.25) is 0 Å². The van der Waals surface area contributed by atoms with E-state index in [0.29, 0.717) is 6.04 Å². The molecule has 0 atom stereocenters. The summed E-state index contributed by atoms with van der Waals surface area (Å²) >= 11 is 5.53. The Balaban J connectivity index is 1.51. The largest absolute Gasteiger partial charge is 0.334 e. The van der Waals surface area contributed by atoms with Crippen molar-refractivity contribution < 1.29 is 0 Å². The standard InChI is InChI=1S/C20H23N5S/c1-24(18-4-3-5-18)13-20(26)23-19-9-16-8-14(6-7-15(16)10-21-19)17-11-22-25(2)12-17/h6-12,18H,3-5,13H2,1-2H3,(H,21,23,26). The molecule has 0 aliphatic heterocycles. The minimum atomic E-state index is 0.682. The van der Waals surface area contributed by atoms with E-state index in [0.717, 1.165) is 39.3 Å². The van der Waals surface area contributed by atoms with E-state index in [1.807, 2.05) is 30.3 Å². The molecule has 1 aromatic carbocycles. The van der Waals surface area contributed by atoms with Gasteiger partial charge in [0.15, 0.2) is 0 Å². The molecule has 1 aliphatic carbocycles. The van der Waals surface area contributed by atoms with Crippen molar-refractivity contribution in [1.82, 2.24) is 19.7 Å². The molecule has 0 radical (unpaired) electrons. The number of aromatic nitrogens is 3. The Morgan fingerprint density at radius 1 is 1.23 bits per heavy atom. The van der Waals surface area contributed by atoms with Crippen molar-refractivity contribution in [3.05, 3.63) is 42.9 Å². The first-order valence-electron chi connectivity index (χ1n) is 8.97. The van der Waals surface area contributed by atoms with Crippen LogP contribution < -0.4 is 5.32 Å². The van der Waals surface area contributed by atoms with Crippen molar-refractivity contribution >= 4 is 33.8 Å². The van der Waals surface area contributed by atoms with Gasteiger partial charge in [-0.2, -0.15) is 5.10 Å². The zero-order chi connectivity index (χ0) is 18.1. The molecule has 0 spiro atoms. The molecule has 4 rings (SSSR count). The van der Waals surface area contributed by atoms with E-state index in [2.05, 4.69) is 51.6 Å². The Morgan fingerprint density at radius 2 is 2.08 bits per heavy atom. The number of pyridine rings is 1. The van der Waals surface area contributed by atoms with Gasteiger partial charge in [0.05, 0.1) is 11.2 Å². The number of benzene rings is 1. The lowest BCUT2D eigenvalue weighted by Crippen LogP contribution is -2.41. The van der Waals surface area contributed by atoms with Gasteiger partial charge in [0.2, 0.25) is 0 Å². The Morgan fingerprint density at radius 3 is 2.77 bits per heavy atom. The van der Waals surface area contributed by atoms with Gasteiger partial charge in [-0.25, -0.2) is 4.98 Å². The number of nitrogens with zero attached hydrogens (tertiary/aromatic N) is 4. The fourth-order valence-electron chi connectivity index (χ4n) is 3.32. The van der Waals surface area contributed by atoms with Crippen LogP contribution in [0.5, 0.6) is 0 Å². The zero-order valence-electron chi connectivity index (χ0n) is 15.1. The molecule has 5 nitrogen and oxygen atoms in total. The second kappa shape index (κ2) is 7.13. The van der Waals surface area contributed by atoms with Gasteiger partial charge in [-0.1, -0.05) is 30.8 Å². The van der Waals surface area contributed by atoms with E-state index in [-0.39, 0.29) is 0 Å². The Labute approximate surface area is 159 Å². The van der Waals surface area contributed by atoms with Crippen LogP contribution in [0.1, 0.15) is 19.3 Å². The minimum Gasteiger partial charge on any atom is -0.334 e. The Kier molecular flexibility index (Phi) is 4.70. The number of fused-ring (bicyclic) bond motifs is 1. The summed E-state index contributed by atoms with van der Waals surface area (Å²) in [6.07, 6.45) is 9.69. The van der Waals surface area contributed by atoms with Crippen molar-refractivity contribution in [3.63, 3.8) is 0 Å². The maximum atomic E-state index is 5.53. The molecular formula is C20H23N5S. The van der Waals surface area contributed by atoms with Gasteiger partial charge in [0.1, 0.15) is 5.82 Å². The zero-order valence-corrected chi connectivity index (χ0v) is 16.0. The van der Waals surface area contributed by atoms with E-state index in [9.17, 15) is 0 Å². The molecule has 2 aromatic heterocycles. The van der Waals surface area contributed by atoms with Crippen molar-refractivity contribution in [2.45, 2.75) is 25.3 Å². The van der Waals surface area contributed by atoms with Gasteiger partial charge in [0.25, 0.3) is 0 Å². The average Bonchev–Trinajstić information content (AvgIpc) is 2.98. The summed E-state index contributed by atoms with van der Waals surface area (Å²) in [6.45, 7) is 0.773. The molecule has 26 heavy (non-hydrogen) atoms. The number of anilines is 1. The summed E-state index contributed by atoms with van der Waals surface area (Å²) in [7, 11) is 4.07. The van der Waals surface area contributed by atoms with Crippen molar-refractivity contribution in [3.8, 4) is 11.1 Å². The molecule has 1 aliphatic rings. The molecule has 6 heteroatoms. The van der Waals surface area contributed by atoms with E-state index in [1.165, 1.54) is 19.3 Å². The van der Waals surface area contributed by atoms with E-state index in [1.54, 1.807) is 0 Å². The lowest BCUT2D eigenvalue weighted by molar-refractivity contribution is 0.181. The number of hydrogen-bond acceptors (Lipinski definition) is 4. The van der Waals surface area contributed by atoms with Crippen LogP contribution in [-0.4, -0.2) is 44.3 Å². The summed E-state index contributed by atoms with van der Waals surface area (Å²) in [5.41, 5.74) is 2.26. The minimum absolute atomic E-state index is 0.682. The maximum absolute atomic E-state index is 5.53. The smallest absolute Gasteiger partial charge is 0.131 e. The Hall–Kier alpha value is -2.31. The normalized spacial score (nSPS) is 14.6. The topological polar surface area (TPSA) is 46.0 Å². The summed E-state index contributed by atoms with van der Waals surface area (Å²) < 4.78 is 1.82. The van der Waals surface area contributed by atoms with Crippen molar-refractivity contribution in [1.29, 1.82) is 0 Å². The van der Waals surface area contributed by atoms with Gasteiger partial charge in [-0.3, -0.25) is 9.58 Å². The second-order valence-corrected chi connectivity index (χ2v) is 7.57. The number of likely N-dealkylation sites (N-methyl/N-ethyl adjacent to an activating group) is 1. The highest BCUT2D eigenvalue weighted by atomic mass is 32.1. The van der Waals surface area contributed by atoms with Gasteiger partial charge in [-0.05, 0) is 43.0 Å². The highest BCUT2D eigenvalue weighted by Gasteiger charge is 2.22. The first-order chi connectivity index (χ1) is 12.6. The van der Waals surface area contributed by atoms with Crippen molar-refractivity contribution in [2.24, 2.45) is 7.05 Å². The molecule has 1 N–H and O–H groups in total. The Bertz CT molecular complexity index is 944. The maximum Gasteiger partial charge on any atom is 0.131 e. The second-order valence-electron chi connectivity index (χ2n) is 7.08. The quantitative estimate of drug-likeness (QED) is 0.696. The lowest BCUT2D eigenvalue weighted by atomic mass is 9.92. The van der Waals surface area contributed by atoms with Crippen LogP contribution in [0.3, 0.4) is 0 Å². The third-order valence-electron chi connectivity index (χ3n) is 5.12. The predicted octanol–water partition coefficient (Wildman–Crippen LogP) is 3.86. The summed E-state index contributed by atoms with van der Waals surface area (Å²) in [4.78, 5) is 7.65. The molecule has 1 saturated carbocycles. The molecular weight excluding hydrogens is 342 g/mol. The highest BCUT2D eigenvalue weighted by molar-refractivity contribution is 7.80. The fraction of sp³-hybridized carbons (Fsp3) is 0.350. The summed E-state index contributed by atoms with van der Waals surface area (Å²) in [5.74, 6) is 0.799. The monoisotopic (exact) mass is 365 g/mol. The third kappa shape index (κ3) is 3.61. The first-order valence-corrected chi connectivity index (χ1v) is 9.38. The molecule has 0 amide bonds. The molecule has 2 heterocycles. The number of rotatable bonds is 5. The van der Waals surface area contributed by atoms with Crippen LogP contribution in [0, 0.1) is 0 Å². The fourth-order valence-corrected chi connectivity index (χ4v) is 3.63. The molecule has 1 fully saturated rings. The molecule has 134 valence electrons. The van der Waals surface area contributed by atoms with Crippen LogP contribution >= 0.6 is 12.2 Å². The summed E-state index contributed by atoms with van der Waals surface area (Å²) in [6, 6.07) is 9.11. The number of hydrogen-bond donors (Lipinski definition) is 1. The number of thiocarbonyl (C=S) groups is 1. The van der Waals surface area contributed by atoms with Crippen LogP contribution in [-0.2, 0) is 7.05 Å². The number of aryl methyl sites for hydroxylation is 1. The third-order valence-corrected chi connectivity index (χ3v) is 5.35. The van der Waals surface area contributed by atoms with Gasteiger partial charge in [0, 0.05) is 43.0 Å². The molecule has 0 unspecified atom stereocenters. The van der Waals surface area contributed by atoms with Crippen LogP contribution in [0.4, 0.5) is 5.82 Å². The molecule has 0 saturated heterocycles. The van der Waals surface area contributed by atoms with Gasteiger partial charge >= 0.3 is 0 Å². The predicted molar refractivity (Wildman–Crippen MR) is 110 cm³/mol. The summed E-state index contributed by atoms with van der Waals surface area (Å²) in [5, 5.41) is 9.80. The van der Waals surface area contributed by atoms with Crippen LogP contribution in [0.15, 0.2) is 42.9 Å². The molecule has 3 aromatic rings. The van der Waals surface area contributed by atoms with Gasteiger partial charge < -0.3 is 5.32 Å². The average molecular weight is 366 g/mol. The van der Waals surface area contributed by atoms with Crippen LogP contribution in [0.25, 0.3) is 21.9 Å². The number of nitrogens with one attached hydrogen (secondary N) is 1. The SMILES string of the molecule is CN(CC(=S)Nc1cc2cc(-c3cnn(C)c3)ccc2cn1)C1CCC1.